The minimum absolute atomic E-state index is 0.0203. The molecule has 0 radical (unpaired) electrons. The molecular weight excluding hydrogens is 192 g/mol. The van der Waals surface area contributed by atoms with Crippen molar-refractivity contribution in [3.63, 3.8) is 0 Å². The molecule has 0 spiro atoms. The van der Waals surface area contributed by atoms with Crippen molar-refractivity contribution < 1.29 is 9.21 Å². The van der Waals surface area contributed by atoms with Crippen LogP contribution in [0.25, 0.3) is 0 Å². The molecule has 1 saturated carbocycles. The van der Waals surface area contributed by atoms with E-state index in [-0.39, 0.29) is 5.78 Å². The maximum absolute atomic E-state index is 11.6. The van der Waals surface area contributed by atoms with E-state index < -0.39 is 0 Å². The molecule has 0 aliphatic heterocycles. The first-order valence-electron chi connectivity index (χ1n) is 5.37. The lowest BCUT2D eigenvalue weighted by atomic mass is 9.85. The van der Waals surface area contributed by atoms with Crippen LogP contribution in [0.4, 0.5) is 0 Å². The monoisotopic (exact) mass is 208 g/mol. The zero-order valence-corrected chi connectivity index (χ0v) is 9.17. The van der Waals surface area contributed by atoms with E-state index in [1.54, 1.807) is 7.05 Å². The quantitative estimate of drug-likeness (QED) is 0.764. The third-order valence-corrected chi connectivity index (χ3v) is 2.86. The number of nitrogens with zero attached hydrogens (tertiary/aromatic N) is 1. The average Bonchev–Trinajstić information content (AvgIpc) is 2.44. The third-order valence-electron chi connectivity index (χ3n) is 2.86. The molecule has 1 aliphatic rings. The van der Waals surface area contributed by atoms with E-state index in [2.05, 4.69) is 10.3 Å². The van der Waals surface area contributed by atoms with Crippen molar-refractivity contribution >= 4 is 5.78 Å². The SMILES string of the molecule is CNCC(=O)c1oc(C2CCC2)nc1C. The molecule has 82 valence electrons. The van der Waals surface area contributed by atoms with Gasteiger partial charge in [-0.25, -0.2) is 4.98 Å². The second-order valence-electron chi connectivity index (χ2n) is 4.05. The average molecular weight is 208 g/mol. The molecule has 0 unspecified atom stereocenters. The molecular formula is C11H16N2O2. The molecule has 1 heterocycles. The first kappa shape index (κ1) is 10.4. The van der Waals surface area contributed by atoms with Gasteiger partial charge in [0, 0.05) is 5.92 Å². The summed E-state index contributed by atoms with van der Waals surface area (Å²) < 4.78 is 5.53. The van der Waals surface area contributed by atoms with Gasteiger partial charge in [-0.05, 0) is 26.8 Å². The number of hydrogen-bond acceptors (Lipinski definition) is 4. The van der Waals surface area contributed by atoms with Crippen LogP contribution in [0.15, 0.2) is 4.42 Å². The summed E-state index contributed by atoms with van der Waals surface area (Å²) in [4.78, 5) is 15.9. The molecule has 0 aromatic carbocycles. The van der Waals surface area contributed by atoms with E-state index in [4.69, 9.17) is 4.42 Å². The second-order valence-corrected chi connectivity index (χ2v) is 4.05. The van der Waals surface area contributed by atoms with Gasteiger partial charge in [-0.15, -0.1) is 0 Å². The number of rotatable bonds is 4. The van der Waals surface area contributed by atoms with Crippen molar-refractivity contribution in [2.75, 3.05) is 13.6 Å². The first-order chi connectivity index (χ1) is 7.22. The van der Waals surface area contributed by atoms with Gasteiger partial charge in [0.2, 0.25) is 5.78 Å². The Labute approximate surface area is 89.1 Å². The number of carbonyl (C=O) groups is 1. The highest BCUT2D eigenvalue weighted by Gasteiger charge is 2.26. The Kier molecular flexibility index (Phi) is 2.86. The van der Waals surface area contributed by atoms with Crippen LogP contribution in [-0.2, 0) is 0 Å². The number of aromatic nitrogens is 1. The predicted octanol–water partition coefficient (Wildman–Crippen LogP) is 1.65. The molecule has 2 rings (SSSR count). The number of aryl methyl sites for hydroxylation is 1. The van der Waals surface area contributed by atoms with Gasteiger partial charge in [0.25, 0.3) is 0 Å². The van der Waals surface area contributed by atoms with Gasteiger partial charge >= 0.3 is 0 Å². The van der Waals surface area contributed by atoms with Crippen LogP contribution in [0.5, 0.6) is 0 Å². The molecule has 15 heavy (non-hydrogen) atoms. The summed E-state index contributed by atoms with van der Waals surface area (Å²) in [5.41, 5.74) is 0.720. The van der Waals surface area contributed by atoms with Gasteiger partial charge in [0.05, 0.1) is 12.2 Å². The van der Waals surface area contributed by atoms with E-state index in [0.717, 1.165) is 24.4 Å². The number of hydrogen-bond donors (Lipinski definition) is 1. The Morgan fingerprint density at radius 3 is 2.87 bits per heavy atom. The van der Waals surface area contributed by atoms with Crippen molar-refractivity contribution in [1.29, 1.82) is 0 Å². The van der Waals surface area contributed by atoms with Gasteiger partial charge in [-0.2, -0.15) is 0 Å². The number of oxazole rings is 1. The molecule has 4 heteroatoms. The van der Waals surface area contributed by atoms with Crippen molar-refractivity contribution in [2.45, 2.75) is 32.1 Å². The van der Waals surface area contributed by atoms with Gasteiger partial charge in [-0.3, -0.25) is 4.79 Å². The Balaban J connectivity index is 2.17. The minimum Gasteiger partial charge on any atom is -0.437 e. The van der Waals surface area contributed by atoms with Gasteiger partial charge < -0.3 is 9.73 Å². The molecule has 0 saturated heterocycles. The zero-order valence-electron chi connectivity index (χ0n) is 9.17. The lowest BCUT2D eigenvalue weighted by molar-refractivity contribution is 0.0962. The lowest BCUT2D eigenvalue weighted by Gasteiger charge is -2.21. The van der Waals surface area contributed by atoms with E-state index in [0.29, 0.717) is 18.2 Å². The lowest BCUT2D eigenvalue weighted by Crippen LogP contribution is -2.18. The van der Waals surface area contributed by atoms with E-state index >= 15 is 0 Å². The highest BCUT2D eigenvalue weighted by molar-refractivity contribution is 5.95. The predicted molar refractivity (Wildman–Crippen MR) is 56.1 cm³/mol. The summed E-state index contributed by atoms with van der Waals surface area (Å²) >= 11 is 0. The summed E-state index contributed by atoms with van der Waals surface area (Å²) in [5, 5.41) is 2.82. The van der Waals surface area contributed by atoms with Crippen LogP contribution >= 0.6 is 0 Å². The molecule has 1 aromatic heterocycles. The van der Waals surface area contributed by atoms with Crippen molar-refractivity contribution in [3.8, 4) is 0 Å². The smallest absolute Gasteiger partial charge is 0.213 e. The standard InChI is InChI=1S/C11H16N2O2/c1-7-10(9(14)6-12-2)15-11(13-7)8-4-3-5-8/h8,12H,3-6H2,1-2H3. The maximum Gasteiger partial charge on any atom is 0.213 e. The zero-order chi connectivity index (χ0) is 10.8. The van der Waals surface area contributed by atoms with E-state index in [9.17, 15) is 4.79 Å². The van der Waals surface area contributed by atoms with E-state index in [1.807, 2.05) is 6.92 Å². The molecule has 0 amide bonds. The van der Waals surface area contributed by atoms with Gasteiger partial charge in [0.15, 0.2) is 11.7 Å². The third kappa shape index (κ3) is 1.95. The largest absolute Gasteiger partial charge is 0.437 e. The summed E-state index contributed by atoms with van der Waals surface area (Å²) in [7, 11) is 1.75. The van der Waals surface area contributed by atoms with Gasteiger partial charge in [-0.1, -0.05) is 6.42 Å². The van der Waals surface area contributed by atoms with Crippen molar-refractivity contribution in [1.82, 2.24) is 10.3 Å². The number of carbonyl (C=O) groups excluding carboxylic acids is 1. The van der Waals surface area contributed by atoms with Crippen LogP contribution in [0, 0.1) is 6.92 Å². The molecule has 1 aromatic rings. The fourth-order valence-electron chi connectivity index (χ4n) is 1.75. The van der Waals surface area contributed by atoms with Gasteiger partial charge in [0.1, 0.15) is 0 Å². The van der Waals surface area contributed by atoms with Crippen molar-refractivity contribution in [2.24, 2.45) is 0 Å². The molecule has 0 atom stereocenters. The minimum atomic E-state index is -0.0203. The molecule has 1 fully saturated rings. The highest BCUT2D eigenvalue weighted by Crippen LogP contribution is 2.36. The highest BCUT2D eigenvalue weighted by atomic mass is 16.4. The topological polar surface area (TPSA) is 55.1 Å². The first-order valence-corrected chi connectivity index (χ1v) is 5.37. The van der Waals surface area contributed by atoms with Crippen LogP contribution in [0.2, 0.25) is 0 Å². The summed E-state index contributed by atoms with van der Waals surface area (Å²) in [6.45, 7) is 2.13. The number of Topliss-reactive ketones (excluding diaryl/α,β-unsaturated/α-hetero) is 1. The Morgan fingerprint density at radius 1 is 1.60 bits per heavy atom. The van der Waals surface area contributed by atoms with E-state index in [1.165, 1.54) is 6.42 Å². The van der Waals surface area contributed by atoms with Crippen LogP contribution < -0.4 is 5.32 Å². The molecule has 0 bridgehead atoms. The molecule has 1 N–H and O–H groups in total. The van der Waals surface area contributed by atoms with Crippen molar-refractivity contribution in [3.05, 3.63) is 17.3 Å². The fraction of sp³-hybridized carbons (Fsp3) is 0.636. The number of nitrogens with one attached hydrogen (secondary N) is 1. The normalized spacial score (nSPS) is 16.4. The maximum atomic E-state index is 11.6. The van der Waals surface area contributed by atoms with Crippen LogP contribution in [0.3, 0.4) is 0 Å². The summed E-state index contributed by atoms with van der Waals surface area (Å²) in [6.07, 6.45) is 3.52. The fourth-order valence-corrected chi connectivity index (χ4v) is 1.75. The van der Waals surface area contributed by atoms with Crippen LogP contribution in [-0.4, -0.2) is 24.4 Å². The summed E-state index contributed by atoms with van der Waals surface area (Å²) in [5.74, 6) is 1.59. The molecule has 1 aliphatic carbocycles. The van der Waals surface area contributed by atoms with Crippen LogP contribution in [0.1, 0.15) is 47.3 Å². The Bertz CT molecular complexity index is 367. The number of ketones is 1. The number of likely N-dealkylation sites (N-methyl/N-ethyl adjacent to an activating group) is 1. The Morgan fingerprint density at radius 2 is 2.33 bits per heavy atom. The summed E-state index contributed by atoms with van der Waals surface area (Å²) in [6, 6.07) is 0. The molecule has 4 nitrogen and oxygen atoms in total. The second kappa shape index (κ2) is 4.14. The Hall–Kier alpha value is -1.16.